The highest BCUT2D eigenvalue weighted by atomic mass is 32.1. The average molecular weight is 222 g/mol. The molecule has 2 aromatic rings. The van der Waals surface area contributed by atoms with Crippen molar-refractivity contribution in [2.24, 2.45) is 0 Å². The number of nitrogens with zero attached hydrogens (tertiary/aromatic N) is 1. The zero-order valence-electron chi connectivity index (χ0n) is 8.08. The van der Waals surface area contributed by atoms with Crippen LogP contribution in [0.2, 0.25) is 0 Å². The summed E-state index contributed by atoms with van der Waals surface area (Å²) in [6.07, 6.45) is 4.81. The van der Waals surface area contributed by atoms with Crippen LogP contribution < -0.4 is 5.76 Å². The molecule has 0 amide bonds. The van der Waals surface area contributed by atoms with E-state index in [0.29, 0.717) is 5.89 Å². The maximum atomic E-state index is 10.8. The predicted octanol–water partition coefficient (Wildman–Crippen LogP) is 1.97. The molecule has 78 valence electrons. The largest absolute Gasteiger partial charge is 0.434 e. The molecule has 15 heavy (non-hydrogen) atoms. The van der Waals surface area contributed by atoms with Gasteiger partial charge in [-0.1, -0.05) is 0 Å². The van der Waals surface area contributed by atoms with Crippen LogP contribution in [0.1, 0.15) is 23.3 Å². The third kappa shape index (κ3) is 1.52. The van der Waals surface area contributed by atoms with Gasteiger partial charge in [0, 0.05) is 4.88 Å². The van der Waals surface area contributed by atoms with E-state index in [4.69, 9.17) is 4.42 Å². The predicted molar refractivity (Wildman–Crippen MR) is 57.1 cm³/mol. The second-order valence-corrected chi connectivity index (χ2v) is 4.82. The summed E-state index contributed by atoms with van der Waals surface area (Å²) >= 11 is 1.69. The summed E-state index contributed by atoms with van der Waals surface area (Å²) in [5.74, 6) is -0.0734. The summed E-state index contributed by atoms with van der Waals surface area (Å²) in [7, 11) is 0. The maximum Gasteiger partial charge on any atom is 0.434 e. The smallest absolute Gasteiger partial charge is 0.387 e. The lowest BCUT2D eigenvalue weighted by atomic mass is 9.99. The Hall–Kier alpha value is -1.36. The molecule has 3 rings (SSSR count). The van der Waals surface area contributed by atoms with Gasteiger partial charge in [0.25, 0.3) is 5.89 Å². The fourth-order valence-corrected chi connectivity index (χ4v) is 3.11. The van der Waals surface area contributed by atoms with Gasteiger partial charge in [0.15, 0.2) is 0 Å². The van der Waals surface area contributed by atoms with Crippen molar-refractivity contribution >= 4 is 11.3 Å². The molecule has 1 aliphatic carbocycles. The Morgan fingerprint density at radius 1 is 1.40 bits per heavy atom. The van der Waals surface area contributed by atoms with Gasteiger partial charge < -0.3 is 4.42 Å². The Morgan fingerprint density at radius 3 is 3.00 bits per heavy atom. The monoisotopic (exact) mass is 222 g/mol. The zero-order chi connectivity index (χ0) is 10.3. The molecule has 0 fully saturated rings. The lowest BCUT2D eigenvalue weighted by Crippen LogP contribution is -1.96. The normalized spacial score (nSPS) is 15.2. The summed E-state index contributed by atoms with van der Waals surface area (Å²) in [5, 5.41) is 6.12. The summed E-state index contributed by atoms with van der Waals surface area (Å²) in [6.45, 7) is 0. The molecule has 2 aromatic heterocycles. The van der Waals surface area contributed by atoms with Gasteiger partial charge in [0.2, 0.25) is 0 Å². The molecule has 0 atom stereocenters. The topological polar surface area (TPSA) is 58.9 Å². The Morgan fingerprint density at radius 2 is 2.27 bits per heavy atom. The number of rotatable bonds is 1. The first-order valence-electron chi connectivity index (χ1n) is 5.00. The quantitative estimate of drug-likeness (QED) is 0.802. The van der Waals surface area contributed by atoms with Crippen molar-refractivity contribution in [3.8, 4) is 10.8 Å². The van der Waals surface area contributed by atoms with E-state index in [9.17, 15) is 4.79 Å². The van der Waals surface area contributed by atoms with Gasteiger partial charge in [0.1, 0.15) is 0 Å². The van der Waals surface area contributed by atoms with Crippen LogP contribution in [0.4, 0.5) is 0 Å². The van der Waals surface area contributed by atoms with Gasteiger partial charge in [0.05, 0.1) is 4.88 Å². The molecule has 0 unspecified atom stereocenters. The van der Waals surface area contributed by atoms with E-state index in [1.165, 1.54) is 23.3 Å². The van der Waals surface area contributed by atoms with Crippen molar-refractivity contribution in [1.29, 1.82) is 0 Å². The summed E-state index contributed by atoms with van der Waals surface area (Å²) in [5.41, 5.74) is 1.40. The second kappa shape index (κ2) is 3.34. The van der Waals surface area contributed by atoms with Crippen LogP contribution in [0, 0.1) is 0 Å². The van der Waals surface area contributed by atoms with Crippen molar-refractivity contribution < 1.29 is 4.42 Å². The van der Waals surface area contributed by atoms with Crippen LogP contribution >= 0.6 is 11.3 Å². The Balaban J connectivity index is 2.06. The molecule has 1 aliphatic rings. The van der Waals surface area contributed by atoms with Crippen LogP contribution in [-0.2, 0) is 12.8 Å². The minimum absolute atomic E-state index is 0.416. The maximum absolute atomic E-state index is 10.8. The summed E-state index contributed by atoms with van der Waals surface area (Å²) in [4.78, 5) is 13.2. The molecule has 0 aromatic carbocycles. The number of thiophene rings is 1. The van der Waals surface area contributed by atoms with Gasteiger partial charge in [-0.3, -0.25) is 0 Å². The van der Waals surface area contributed by atoms with Crippen molar-refractivity contribution in [2.45, 2.75) is 25.7 Å². The van der Waals surface area contributed by atoms with Gasteiger partial charge in [-0.15, -0.1) is 16.4 Å². The highest BCUT2D eigenvalue weighted by molar-refractivity contribution is 7.15. The van der Waals surface area contributed by atoms with E-state index in [1.807, 2.05) is 0 Å². The SMILES string of the molecule is O=c1[nH]nc(-c2cc3c(s2)CCCC3)o1. The third-order valence-electron chi connectivity index (χ3n) is 2.65. The summed E-state index contributed by atoms with van der Waals surface area (Å²) < 4.78 is 4.94. The van der Waals surface area contributed by atoms with Gasteiger partial charge in [-0.05, 0) is 37.3 Å². The average Bonchev–Trinajstić information content (AvgIpc) is 2.82. The molecule has 1 N–H and O–H groups in total. The van der Waals surface area contributed by atoms with Crippen molar-refractivity contribution in [3.63, 3.8) is 0 Å². The van der Waals surface area contributed by atoms with Crippen LogP contribution in [0.5, 0.6) is 0 Å². The number of fused-ring (bicyclic) bond motifs is 1. The van der Waals surface area contributed by atoms with Crippen molar-refractivity contribution in [1.82, 2.24) is 10.2 Å². The Kier molecular flexibility index (Phi) is 1.98. The van der Waals surface area contributed by atoms with Gasteiger partial charge in [-0.25, -0.2) is 9.89 Å². The number of nitrogens with one attached hydrogen (secondary N) is 1. The van der Waals surface area contributed by atoms with Gasteiger partial charge >= 0.3 is 5.76 Å². The fraction of sp³-hybridized carbons (Fsp3) is 0.400. The molecule has 0 bridgehead atoms. The standard InChI is InChI=1S/C10H10N2O2S/c13-10-12-11-9(14-10)8-5-6-3-1-2-4-7(6)15-8/h5H,1-4H2,(H,12,13). The Bertz CT molecular complexity index is 514. The van der Waals surface area contributed by atoms with Crippen molar-refractivity contribution in [2.75, 3.05) is 0 Å². The molecule has 0 aliphatic heterocycles. The molecular weight excluding hydrogens is 212 g/mol. The first kappa shape index (κ1) is 8.91. The minimum atomic E-state index is -0.489. The first-order valence-corrected chi connectivity index (χ1v) is 5.82. The molecule has 4 nitrogen and oxygen atoms in total. The van der Waals surface area contributed by atoms with Crippen molar-refractivity contribution in [3.05, 3.63) is 27.1 Å². The van der Waals surface area contributed by atoms with E-state index in [0.717, 1.165) is 17.7 Å². The van der Waals surface area contributed by atoms with E-state index >= 15 is 0 Å². The molecule has 5 heteroatoms. The highest BCUT2D eigenvalue weighted by Crippen LogP contribution is 2.34. The number of hydrogen-bond acceptors (Lipinski definition) is 4. The number of aromatic amines is 1. The molecule has 0 radical (unpaired) electrons. The lowest BCUT2D eigenvalue weighted by Gasteiger charge is -2.08. The lowest BCUT2D eigenvalue weighted by molar-refractivity contribution is 0.528. The molecule has 2 heterocycles. The van der Waals surface area contributed by atoms with E-state index in [-0.39, 0.29) is 0 Å². The number of H-pyrrole nitrogens is 1. The van der Waals surface area contributed by atoms with E-state index in [2.05, 4.69) is 16.3 Å². The second-order valence-electron chi connectivity index (χ2n) is 3.68. The van der Waals surface area contributed by atoms with Crippen LogP contribution in [0.15, 0.2) is 15.3 Å². The minimum Gasteiger partial charge on any atom is -0.387 e. The molecule has 0 saturated carbocycles. The fourth-order valence-electron chi connectivity index (χ4n) is 1.93. The number of aromatic nitrogens is 2. The highest BCUT2D eigenvalue weighted by Gasteiger charge is 2.16. The Labute approximate surface area is 89.9 Å². The van der Waals surface area contributed by atoms with Gasteiger partial charge in [-0.2, -0.15) is 0 Å². The molecular formula is C10H10N2O2S. The van der Waals surface area contributed by atoms with Crippen LogP contribution in [-0.4, -0.2) is 10.2 Å². The molecule has 0 saturated heterocycles. The summed E-state index contributed by atoms with van der Waals surface area (Å²) in [6, 6.07) is 2.10. The van der Waals surface area contributed by atoms with E-state index in [1.54, 1.807) is 11.3 Å². The van der Waals surface area contributed by atoms with Crippen LogP contribution in [0.3, 0.4) is 0 Å². The molecule has 0 spiro atoms. The zero-order valence-corrected chi connectivity index (χ0v) is 8.89. The number of aryl methyl sites for hydroxylation is 2. The first-order chi connectivity index (χ1) is 7.33. The van der Waals surface area contributed by atoms with Crippen LogP contribution in [0.25, 0.3) is 10.8 Å². The number of hydrogen-bond donors (Lipinski definition) is 1. The van der Waals surface area contributed by atoms with E-state index < -0.39 is 5.76 Å². The third-order valence-corrected chi connectivity index (χ3v) is 3.87.